The second-order valence-electron chi connectivity index (χ2n) is 2.64. The number of hydrogen-bond acceptors (Lipinski definition) is 2. The first-order valence-electron chi connectivity index (χ1n) is 3.21. The van der Waals surface area contributed by atoms with Crippen molar-refractivity contribution in [3.63, 3.8) is 0 Å². The highest BCUT2D eigenvalue weighted by molar-refractivity contribution is 4.68. The van der Waals surface area contributed by atoms with Gasteiger partial charge in [-0.3, -0.25) is 0 Å². The lowest BCUT2D eigenvalue weighted by molar-refractivity contribution is 0.248. The van der Waals surface area contributed by atoms with Crippen LogP contribution in [0.1, 0.15) is 19.8 Å². The molecule has 0 radical (unpaired) electrons. The van der Waals surface area contributed by atoms with E-state index in [1.54, 1.807) is 0 Å². The Bertz CT molecular complexity index is 66.9. The van der Waals surface area contributed by atoms with Crippen LogP contribution in [0.2, 0.25) is 0 Å². The second kappa shape index (κ2) is 2.46. The van der Waals surface area contributed by atoms with Crippen molar-refractivity contribution < 1.29 is 0 Å². The molecule has 0 bridgehead atoms. The molecule has 0 aromatic carbocycles. The lowest BCUT2D eigenvalue weighted by Gasteiger charge is -2.35. The summed E-state index contributed by atoms with van der Waals surface area (Å²) in [6.07, 6.45) is 2.32. The van der Waals surface area contributed by atoms with Crippen LogP contribution in [0.15, 0.2) is 0 Å². The summed E-state index contributed by atoms with van der Waals surface area (Å²) in [7, 11) is 0. The van der Waals surface area contributed by atoms with Gasteiger partial charge in [-0.1, -0.05) is 6.92 Å². The molecule has 48 valence electrons. The first-order chi connectivity index (χ1) is 3.79. The number of rotatable bonds is 0. The predicted molar refractivity (Wildman–Crippen MR) is 33.3 cm³/mol. The van der Waals surface area contributed by atoms with E-state index in [1.807, 2.05) is 0 Å². The van der Waals surface area contributed by atoms with Crippen molar-refractivity contribution in [2.24, 2.45) is 5.92 Å². The fourth-order valence-corrected chi connectivity index (χ4v) is 1.15. The molecular formula is C6H12NO-. The third kappa shape index (κ3) is 1.46. The van der Waals surface area contributed by atoms with E-state index in [-0.39, 0.29) is 0 Å². The molecule has 1 atom stereocenters. The van der Waals surface area contributed by atoms with Crippen LogP contribution >= 0.6 is 0 Å². The smallest absolute Gasteiger partial charge is 0.0118 e. The van der Waals surface area contributed by atoms with Gasteiger partial charge in [-0.2, -0.15) is 0 Å². The number of hydroxylamine groups is 2. The molecular weight excluding hydrogens is 102 g/mol. The largest absolute Gasteiger partial charge is 0.785 e. The van der Waals surface area contributed by atoms with Crippen molar-refractivity contribution in [2.45, 2.75) is 19.8 Å². The topological polar surface area (TPSA) is 26.3 Å². The second-order valence-corrected chi connectivity index (χ2v) is 2.64. The van der Waals surface area contributed by atoms with Crippen molar-refractivity contribution in [3.05, 3.63) is 5.21 Å². The van der Waals surface area contributed by atoms with Gasteiger partial charge in [0.15, 0.2) is 0 Å². The minimum atomic E-state index is 0.626. The number of hydrogen-bond donors (Lipinski definition) is 0. The first-order valence-corrected chi connectivity index (χ1v) is 3.21. The van der Waals surface area contributed by atoms with E-state index in [4.69, 9.17) is 0 Å². The van der Waals surface area contributed by atoms with Gasteiger partial charge < -0.3 is 10.3 Å². The summed E-state index contributed by atoms with van der Waals surface area (Å²) in [5, 5.41) is 11.8. The summed E-state index contributed by atoms with van der Waals surface area (Å²) in [6.45, 7) is 3.63. The van der Waals surface area contributed by atoms with Gasteiger partial charge in [0.2, 0.25) is 0 Å². The van der Waals surface area contributed by atoms with Crippen LogP contribution in [-0.2, 0) is 0 Å². The third-order valence-corrected chi connectivity index (χ3v) is 1.62. The van der Waals surface area contributed by atoms with Crippen LogP contribution in [0.3, 0.4) is 0 Å². The van der Waals surface area contributed by atoms with Crippen molar-refractivity contribution >= 4 is 0 Å². The van der Waals surface area contributed by atoms with Gasteiger partial charge in [0, 0.05) is 0 Å². The molecule has 0 saturated carbocycles. The van der Waals surface area contributed by atoms with Gasteiger partial charge in [-0.05, 0) is 31.8 Å². The zero-order chi connectivity index (χ0) is 5.98. The Balaban J connectivity index is 2.23. The Labute approximate surface area is 50.1 Å². The Hall–Kier alpha value is -0.0800. The van der Waals surface area contributed by atoms with E-state index >= 15 is 0 Å². The highest BCUT2D eigenvalue weighted by Crippen LogP contribution is 2.13. The van der Waals surface area contributed by atoms with E-state index < -0.39 is 0 Å². The third-order valence-electron chi connectivity index (χ3n) is 1.62. The SMILES string of the molecule is CC1CCCN([O-])C1. The molecule has 0 aromatic heterocycles. The molecule has 0 spiro atoms. The van der Waals surface area contributed by atoms with Crippen molar-refractivity contribution in [2.75, 3.05) is 13.1 Å². The van der Waals surface area contributed by atoms with Crippen LogP contribution in [0.5, 0.6) is 0 Å². The minimum Gasteiger partial charge on any atom is -0.785 e. The van der Waals surface area contributed by atoms with Crippen molar-refractivity contribution in [1.82, 2.24) is 5.06 Å². The molecule has 0 aromatic rings. The molecule has 1 aliphatic heterocycles. The zero-order valence-electron chi connectivity index (χ0n) is 5.26. The fraction of sp³-hybridized carbons (Fsp3) is 1.00. The fourth-order valence-electron chi connectivity index (χ4n) is 1.15. The van der Waals surface area contributed by atoms with Crippen molar-refractivity contribution in [3.8, 4) is 0 Å². The molecule has 0 aliphatic carbocycles. The van der Waals surface area contributed by atoms with Gasteiger partial charge in [0.25, 0.3) is 0 Å². The molecule has 1 heterocycles. The van der Waals surface area contributed by atoms with Crippen LogP contribution in [0.25, 0.3) is 0 Å². The quantitative estimate of drug-likeness (QED) is 0.473. The van der Waals surface area contributed by atoms with Gasteiger partial charge in [-0.15, -0.1) is 0 Å². The molecule has 1 fully saturated rings. The maximum atomic E-state index is 10.6. The van der Waals surface area contributed by atoms with E-state index in [1.165, 1.54) is 6.42 Å². The lowest BCUT2D eigenvalue weighted by Crippen LogP contribution is -2.28. The summed E-state index contributed by atoms with van der Waals surface area (Å²) in [6, 6.07) is 0. The molecule has 2 nitrogen and oxygen atoms in total. The zero-order valence-corrected chi connectivity index (χ0v) is 5.26. The van der Waals surface area contributed by atoms with E-state index in [9.17, 15) is 5.21 Å². The van der Waals surface area contributed by atoms with Gasteiger partial charge >= 0.3 is 0 Å². The molecule has 0 N–H and O–H groups in total. The average Bonchev–Trinajstić information content (AvgIpc) is 1.64. The summed E-state index contributed by atoms with van der Waals surface area (Å²) in [5.41, 5.74) is 0. The Morgan fingerprint density at radius 1 is 1.62 bits per heavy atom. The Morgan fingerprint density at radius 3 is 2.75 bits per heavy atom. The Morgan fingerprint density at radius 2 is 2.38 bits per heavy atom. The van der Waals surface area contributed by atoms with E-state index in [0.29, 0.717) is 5.92 Å². The highest BCUT2D eigenvalue weighted by Gasteiger charge is 2.07. The van der Waals surface area contributed by atoms with Gasteiger partial charge in [0.05, 0.1) is 0 Å². The van der Waals surface area contributed by atoms with Crippen molar-refractivity contribution in [1.29, 1.82) is 0 Å². The minimum absolute atomic E-state index is 0.626. The van der Waals surface area contributed by atoms with Crippen LogP contribution in [-0.4, -0.2) is 18.2 Å². The van der Waals surface area contributed by atoms with Gasteiger partial charge in [-0.25, -0.2) is 0 Å². The molecule has 0 amide bonds. The lowest BCUT2D eigenvalue weighted by atomic mass is 10.0. The maximum Gasteiger partial charge on any atom is -0.0118 e. The first kappa shape index (κ1) is 6.05. The van der Waals surface area contributed by atoms with E-state index in [2.05, 4.69) is 6.92 Å². The molecule has 1 unspecified atom stereocenters. The number of piperidine rings is 1. The summed E-state index contributed by atoms with van der Waals surface area (Å²) >= 11 is 0. The normalized spacial score (nSPS) is 33.0. The predicted octanol–water partition coefficient (Wildman–Crippen LogP) is 1.22. The highest BCUT2D eigenvalue weighted by atomic mass is 16.5. The summed E-state index contributed by atoms with van der Waals surface area (Å²) in [5.74, 6) is 0.626. The average molecular weight is 114 g/mol. The Kier molecular flexibility index (Phi) is 1.86. The van der Waals surface area contributed by atoms with Crippen LogP contribution in [0, 0.1) is 11.1 Å². The molecule has 1 aliphatic rings. The van der Waals surface area contributed by atoms with Gasteiger partial charge in [0.1, 0.15) is 0 Å². The number of nitrogens with zero attached hydrogens (tertiary/aromatic N) is 1. The van der Waals surface area contributed by atoms with Crippen LogP contribution in [0.4, 0.5) is 0 Å². The monoisotopic (exact) mass is 114 g/mol. The van der Waals surface area contributed by atoms with E-state index in [0.717, 1.165) is 24.6 Å². The summed E-state index contributed by atoms with van der Waals surface area (Å²) < 4.78 is 0. The maximum absolute atomic E-state index is 10.6. The van der Waals surface area contributed by atoms with Crippen LogP contribution < -0.4 is 0 Å². The molecule has 2 heteroatoms. The molecule has 8 heavy (non-hydrogen) atoms. The molecule has 1 rings (SSSR count). The molecule has 1 saturated heterocycles. The standard InChI is InChI=1S/C6H12NO/c1-6-3-2-4-7(8)5-6/h6H,2-5H2,1H3/q-1. The summed E-state index contributed by atoms with van der Waals surface area (Å²) in [4.78, 5) is 0.